The second kappa shape index (κ2) is 5.48. The number of nitrogens with one attached hydrogen (secondary N) is 1. The quantitative estimate of drug-likeness (QED) is 0.869. The molecule has 0 bridgehead atoms. The lowest BCUT2D eigenvalue weighted by Gasteiger charge is -2.06. The molecule has 0 aromatic carbocycles. The van der Waals surface area contributed by atoms with Gasteiger partial charge in [-0.25, -0.2) is 0 Å². The summed E-state index contributed by atoms with van der Waals surface area (Å²) in [6.45, 7) is 2.93. The molecule has 1 heterocycles. The van der Waals surface area contributed by atoms with Crippen LogP contribution in [0.5, 0.6) is 0 Å². The predicted molar refractivity (Wildman–Crippen MR) is 60.5 cm³/mol. The van der Waals surface area contributed by atoms with Gasteiger partial charge in [0.2, 0.25) is 0 Å². The van der Waals surface area contributed by atoms with Crippen LogP contribution in [0.3, 0.4) is 0 Å². The van der Waals surface area contributed by atoms with Gasteiger partial charge in [-0.15, -0.1) is 11.3 Å². The van der Waals surface area contributed by atoms with E-state index < -0.39 is 5.97 Å². The predicted octanol–water partition coefficient (Wildman–Crippen LogP) is 2.32. The monoisotopic (exact) mass is 277 g/mol. The largest absolute Gasteiger partial charge is 0.481 e. The van der Waals surface area contributed by atoms with Crippen molar-refractivity contribution in [2.24, 2.45) is 5.92 Å². The van der Waals surface area contributed by atoms with Gasteiger partial charge < -0.3 is 10.4 Å². The maximum atomic E-state index is 10.5. The van der Waals surface area contributed by atoms with E-state index in [1.165, 1.54) is 4.88 Å². The molecular weight excluding hydrogens is 266 g/mol. The molecule has 0 aliphatic carbocycles. The van der Waals surface area contributed by atoms with Gasteiger partial charge in [0.05, 0.1) is 5.92 Å². The molecule has 0 aliphatic heterocycles. The first-order valence-electron chi connectivity index (χ1n) is 4.26. The fourth-order valence-corrected chi connectivity index (χ4v) is 2.37. The summed E-state index contributed by atoms with van der Waals surface area (Å²) in [7, 11) is 0. The Labute approximate surface area is 95.3 Å². The maximum Gasteiger partial charge on any atom is 0.307 e. The molecule has 1 rings (SSSR count). The van der Waals surface area contributed by atoms with Crippen LogP contribution in [0, 0.1) is 5.92 Å². The number of carboxylic acid groups (broad SMARTS) is 1. The lowest BCUT2D eigenvalue weighted by Crippen LogP contribution is -2.25. The standard InChI is InChI=1S/C9H12BrNO2S/c1-6(9(12)13)3-11-4-8-2-7(10)5-14-8/h2,5-6,11H,3-4H2,1H3,(H,12,13). The number of aliphatic carboxylic acids is 1. The zero-order valence-corrected chi connectivity index (χ0v) is 10.2. The Bertz CT molecular complexity index is 314. The van der Waals surface area contributed by atoms with E-state index in [9.17, 15) is 4.79 Å². The summed E-state index contributed by atoms with van der Waals surface area (Å²) in [6, 6.07) is 2.03. The number of rotatable bonds is 5. The van der Waals surface area contributed by atoms with Gasteiger partial charge in [0.15, 0.2) is 0 Å². The SMILES string of the molecule is CC(CNCc1cc(Br)cs1)C(=O)O. The van der Waals surface area contributed by atoms with E-state index in [0.29, 0.717) is 6.54 Å². The van der Waals surface area contributed by atoms with Gasteiger partial charge in [-0.05, 0) is 22.0 Å². The highest BCUT2D eigenvalue weighted by molar-refractivity contribution is 9.10. The van der Waals surface area contributed by atoms with Crippen molar-refractivity contribution < 1.29 is 9.90 Å². The highest BCUT2D eigenvalue weighted by atomic mass is 79.9. The highest BCUT2D eigenvalue weighted by Gasteiger charge is 2.09. The van der Waals surface area contributed by atoms with Crippen LogP contribution in [0.4, 0.5) is 0 Å². The Morgan fingerprint density at radius 1 is 1.79 bits per heavy atom. The lowest BCUT2D eigenvalue weighted by molar-refractivity contribution is -0.140. The van der Waals surface area contributed by atoms with E-state index in [1.807, 2.05) is 11.4 Å². The third-order valence-corrected chi connectivity index (χ3v) is 3.49. The summed E-state index contributed by atoms with van der Waals surface area (Å²) in [6.07, 6.45) is 0. The van der Waals surface area contributed by atoms with Gasteiger partial charge in [0.25, 0.3) is 0 Å². The summed E-state index contributed by atoms with van der Waals surface area (Å²) in [5.41, 5.74) is 0. The van der Waals surface area contributed by atoms with Crippen molar-refractivity contribution in [1.29, 1.82) is 0 Å². The van der Waals surface area contributed by atoms with Crippen molar-refractivity contribution in [2.45, 2.75) is 13.5 Å². The first kappa shape index (κ1) is 11.7. The van der Waals surface area contributed by atoms with Crippen molar-refractivity contribution >= 4 is 33.2 Å². The van der Waals surface area contributed by atoms with Gasteiger partial charge in [-0.2, -0.15) is 0 Å². The first-order valence-corrected chi connectivity index (χ1v) is 5.93. The van der Waals surface area contributed by atoms with Crippen molar-refractivity contribution in [3.63, 3.8) is 0 Å². The summed E-state index contributed by atoms with van der Waals surface area (Å²) >= 11 is 5.02. The topological polar surface area (TPSA) is 49.3 Å². The minimum atomic E-state index is -0.759. The molecule has 0 saturated heterocycles. The molecule has 0 aliphatic rings. The van der Waals surface area contributed by atoms with Gasteiger partial charge in [0, 0.05) is 27.8 Å². The molecule has 0 radical (unpaired) electrons. The van der Waals surface area contributed by atoms with Gasteiger partial charge in [0.1, 0.15) is 0 Å². The van der Waals surface area contributed by atoms with E-state index in [0.717, 1.165) is 11.0 Å². The van der Waals surface area contributed by atoms with E-state index in [-0.39, 0.29) is 5.92 Å². The number of carbonyl (C=O) groups is 1. The smallest absolute Gasteiger partial charge is 0.307 e. The fourth-order valence-electron chi connectivity index (χ4n) is 0.946. The van der Waals surface area contributed by atoms with Crippen LogP contribution in [0.1, 0.15) is 11.8 Å². The third-order valence-electron chi connectivity index (χ3n) is 1.79. The summed E-state index contributed by atoms with van der Waals surface area (Å²) in [5.74, 6) is -1.09. The second-order valence-corrected chi connectivity index (χ2v) is 5.01. The molecule has 0 spiro atoms. The van der Waals surface area contributed by atoms with Crippen molar-refractivity contribution in [3.05, 3.63) is 20.8 Å². The number of hydrogen-bond acceptors (Lipinski definition) is 3. The molecule has 3 nitrogen and oxygen atoms in total. The van der Waals surface area contributed by atoms with Crippen LogP contribution >= 0.6 is 27.3 Å². The second-order valence-electron chi connectivity index (χ2n) is 3.10. The molecule has 14 heavy (non-hydrogen) atoms. The number of halogens is 1. The van der Waals surface area contributed by atoms with Crippen LogP contribution in [0.15, 0.2) is 15.9 Å². The van der Waals surface area contributed by atoms with E-state index in [1.54, 1.807) is 18.3 Å². The molecule has 0 amide bonds. The van der Waals surface area contributed by atoms with Crippen molar-refractivity contribution in [1.82, 2.24) is 5.32 Å². The lowest BCUT2D eigenvalue weighted by atomic mass is 10.2. The number of carboxylic acids is 1. The summed E-state index contributed by atoms with van der Waals surface area (Å²) in [5, 5.41) is 13.8. The Morgan fingerprint density at radius 2 is 2.50 bits per heavy atom. The fraction of sp³-hybridized carbons (Fsp3) is 0.444. The van der Waals surface area contributed by atoms with Crippen LogP contribution in [-0.2, 0) is 11.3 Å². The molecule has 1 unspecified atom stereocenters. The zero-order valence-electron chi connectivity index (χ0n) is 7.79. The average Bonchev–Trinajstić information content (AvgIpc) is 2.51. The molecule has 1 aromatic rings. The van der Waals surface area contributed by atoms with E-state index in [4.69, 9.17) is 5.11 Å². The Kier molecular flexibility index (Phi) is 4.57. The molecule has 5 heteroatoms. The minimum absolute atomic E-state index is 0.335. The van der Waals surface area contributed by atoms with Crippen molar-refractivity contribution in [3.8, 4) is 0 Å². The number of hydrogen-bond donors (Lipinski definition) is 2. The van der Waals surface area contributed by atoms with Crippen molar-refractivity contribution in [2.75, 3.05) is 6.54 Å². The molecule has 0 fully saturated rings. The number of thiophene rings is 1. The van der Waals surface area contributed by atoms with Gasteiger partial charge >= 0.3 is 5.97 Å². The molecule has 0 saturated carbocycles. The van der Waals surface area contributed by atoms with Gasteiger partial charge in [-0.1, -0.05) is 6.92 Å². The third kappa shape index (κ3) is 3.77. The Balaban J connectivity index is 2.25. The maximum absolute atomic E-state index is 10.5. The average molecular weight is 278 g/mol. The molecular formula is C9H12BrNO2S. The van der Waals surface area contributed by atoms with Crippen LogP contribution in [0.2, 0.25) is 0 Å². The van der Waals surface area contributed by atoms with Gasteiger partial charge in [-0.3, -0.25) is 4.79 Å². The zero-order chi connectivity index (χ0) is 10.6. The minimum Gasteiger partial charge on any atom is -0.481 e. The van der Waals surface area contributed by atoms with Crippen LogP contribution in [-0.4, -0.2) is 17.6 Å². The normalized spacial score (nSPS) is 12.7. The first-order chi connectivity index (χ1) is 6.59. The molecule has 78 valence electrons. The molecule has 2 N–H and O–H groups in total. The van der Waals surface area contributed by atoms with Crippen LogP contribution < -0.4 is 5.32 Å². The molecule has 1 aromatic heterocycles. The molecule has 1 atom stereocenters. The van der Waals surface area contributed by atoms with E-state index in [2.05, 4.69) is 21.2 Å². The van der Waals surface area contributed by atoms with E-state index >= 15 is 0 Å². The summed E-state index contributed by atoms with van der Waals surface area (Å²) in [4.78, 5) is 11.7. The highest BCUT2D eigenvalue weighted by Crippen LogP contribution is 2.19. The Hall–Kier alpha value is -0.390. The summed E-state index contributed by atoms with van der Waals surface area (Å²) < 4.78 is 1.07. The Morgan fingerprint density at radius 3 is 3.00 bits per heavy atom. The van der Waals surface area contributed by atoms with Crippen LogP contribution in [0.25, 0.3) is 0 Å².